The molecule has 0 bridgehead atoms. The van der Waals surface area contributed by atoms with Gasteiger partial charge in [0.2, 0.25) is 0 Å². The van der Waals surface area contributed by atoms with E-state index >= 15 is 0 Å². The van der Waals surface area contributed by atoms with E-state index in [4.69, 9.17) is 0 Å². The maximum atomic E-state index is 12.5. The molecule has 2 rings (SSSR count). The molecule has 0 fully saturated rings. The first-order valence-corrected chi connectivity index (χ1v) is 9.12. The van der Waals surface area contributed by atoms with Crippen LogP contribution in [0.3, 0.4) is 0 Å². The molecule has 23 heavy (non-hydrogen) atoms. The molecule has 0 unspecified atom stereocenters. The molecule has 1 amide bonds. The highest BCUT2D eigenvalue weighted by Crippen LogP contribution is 2.21. The first-order valence-electron chi connectivity index (χ1n) is 8.14. The molecule has 0 aliphatic rings. The third kappa shape index (κ3) is 4.86. The zero-order chi connectivity index (χ0) is 16.7. The van der Waals surface area contributed by atoms with Gasteiger partial charge in [-0.3, -0.25) is 4.79 Å². The maximum absolute atomic E-state index is 12.5. The molecular weight excluding hydrogens is 306 g/mol. The fraction of sp³-hybridized carbons (Fsp3) is 0.444. The van der Waals surface area contributed by atoms with Crippen LogP contribution < -0.4 is 0 Å². The number of aromatic nitrogens is 2. The summed E-state index contributed by atoms with van der Waals surface area (Å²) in [4.78, 5) is 18.8. The minimum absolute atomic E-state index is 0.136. The Balaban J connectivity index is 1.98. The summed E-state index contributed by atoms with van der Waals surface area (Å²) < 4.78 is 2.01. The van der Waals surface area contributed by atoms with Crippen molar-refractivity contribution in [1.29, 1.82) is 0 Å². The van der Waals surface area contributed by atoms with Crippen LogP contribution in [0.1, 0.15) is 42.6 Å². The largest absolute Gasteiger partial charge is 0.339 e. The fourth-order valence-electron chi connectivity index (χ4n) is 2.42. The van der Waals surface area contributed by atoms with Gasteiger partial charge in [0.05, 0.1) is 0 Å². The summed E-state index contributed by atoms with van der Waals surface area (Å²) in [5.74, 6) is 0.990. The molecule has 0 spiro atoms. The Morgan fingerprint density at radius 2 is 1.83 bits per heavy atom. The predicted octanol–water partition coefficient (Wildman–Crippen LogP) is 3.97. The molecule has 124 valence electrons. The number of benzene rings is 1. The van der Waals surface area contributed by atoms with E-state index in [1.807, 2.05) is 47.0 Å². The average Bonchev–Trinajstić information content (AvgIpc) is 2.98. The second-order valence-electron chi connectivity index (χ2n) is 5.60. The fourth-order valence-corrected chi connectivity index (χ4v) is 3.31. The van der Waals surface area contributed by atoms with Gasteiger partial charge in [-0.25, -0.2) is 4.98 Å². The number of hydrogen-bond donors (Lipinski definition) is 0. The maximum Gasteiger partial charge on any atom is 0.253 e. The van der Waals surface area contributed by atoms with E-state index in [2.05, 4.69) is 18.8 Å². The number of amides is 1. The van der Waals surface area contributed by atoms with Crippen LogP contribution >= 0.6 is 11.8 Å². The number of thioether (sulfide) groups is 1. The summed E-state index contributed by atoms with van der Waals surface area (Å²) in [5, 5.41) is 1.00. The molecule has 4 nitrogen and oxygen atoms in total. The Hall–Kier alpha value is -1.75. The standard InChI is InChI=1S/C18H25N3OS/c1-4-11-21(12-5-2)17(22)16-8-6-15(7-9-16)14-23-18-19-10-13-20(18)3/h6-10,13H,4-5,11-12,14H2,1-3H3. The summed E-state index contributed by atoms with van der Waals surface area (Å²) >= 11 is 1.70. The lowest BCUT2D eigenvalue weighted by Crippen LogP contribution is -2.32. The van der Waals surface area contributed by atoms with Crippen molar-refractivity contribution in [3.05, 3.63) is 47.8 Å². The molecular formula is C18H25N3OS. The van der Waals surface area contributed by atoms with Crippen molar-refractivity contribution in [2.45, 2.75) is 37.6 Å². The second kappa shape index (κ2) is 8.77. The summed E-state index contributed by atoms with van der Waals surface area (Å²) in [6, 6.07) is 7.96. The second-order valence-corrected chi connectivity index (χ2v) is 6.54. The average molecular weight is 331 g/mol. The molecule has 5 heteroatoms. The van der Waals surface area contributed by atoms with Crippen molar-refractivity contribution in [2.75, 3.05) is 13.1 Å². The normalized spacial score (nSPS) is 10.7. The molecule has 1 aromatic carbocycles. The number of nitrogens with zero attached hydrogens (tertiary/aromatic N) is 3. The number of carbonyl (C=O) groups is 1. The summed E-state index contributed by atoms with van der Waals surface area (Å²) in [6.45, 7) is 5.86. The van der Waals surface area contributed by atoms with Crippen molar-refractivity contribution >= 4 is 17.7 Å². The van der Waals surface area contributed by atoms with Gasteiger partial charge in [0.1, 0.15) is 0 Å². The van der Waals surface area contributed by atoms with Gasteiger partial charge in [0, 0.05) is 43.8 Å². The number of carbonyl (C=O) groups excluding carboxylic acids is 1. The van der Waals surface area contributed by atoms with Crippen LogP contribution in [0.4, 0.5) is 0 Å². The van der Waals surface area contributed by atoms with E-state index < -0.39 is 0 Å². The first kappa shape index (κ1) is 17.6. The van der Waals surface area contributed by atoms with Gasteiger partial charge in [-0.1, -0.05) is 37.7 Å². The summed E-state index contributed by atoms with van der Waals surface area (Å²) in [7, 11) is 1.99. The molecule has 1 aromatic heterocycles. The number of imidazole rings is 1. The number of hydrogen-bond acceptors (Lipinski definition) is 3. The monoisotopic (exact) mass is 331 g/mol. The van der Waals surface area contributed by atoms with Gasteiger partial charge in [0.15, 0.2) is 5.16 Å². The summed E-state index contributed by atoms with van der Waals surface area (Å²) in [5.41, 5.74) is 1.98. The third-order valence-corrected chi connectivity index (χ3v) is 4.75. The minimum atomic E-state index is 0.136. The SMILES string of the molecule is CCCN(CCC)C(=O)c1ccc(CSc2nccn2C)cc1. The van der Waals surface area contributed by atoms with Crippen molar-refractivity contribution in [1.82, 2.24) is 14.5 Å². The predicted molar refractivity (Wildman–Crippen MR) is 95.7 cm³/mol. The first-order chi connectivity index (χ1) is 11.2. The van der Waals surface area contributed by atoms with E-state index in [1.165, 1.54) is 5.56 Å². The molecule has 0 aliphatic heterocycles. The Morgan fingerprint density at radius 3 is 2.35 bits per heavy atom. The van der Waals surface area contributed by atoms with Crippen LogP contribution in [0.2, 0.25) is 0 Å². The quantitative estimate of drug-likeness (QED) is 0.687. The van der Waals surface area contributed by atoms with E-state index in [0.29, 0.717) is 0 Å². The van der Waals surface area contributed by atoms with Gasteiger partial charge in [-0.2, -0.15) is 0 Å². The van der Waals surface area contributed by atoms with Crippen molar-refractivity contribution in [3.8, 4) is 0 Å². The van der Waals surface area contributed by atoms with E-state index in [-0.39, 0.29) is 5.91 Å². The molecule has 0 radical (unpaired) electrons. The molecule has 0 atom stereocenters. The van der Waals surface area contributed by atoms with Crippen LogP contribution in [0.25, 0.3) is 0 Å². The van der Waals surface area contributed by atoms with Crippen LogP contribution in [-0.4, -0.2) is 33.4 Å². The van der Waals surface area contributed by atoms with Crippen LogP contribution in [0.5, 0.6) is 0 Å². The summed E-state index contributed by atoms with van der Waals surface area (Å²) in [6.07, 6.45) is 5.73. The van der Waals surface area contributed by atoms with Crippen LogP contribution in [-0.2, 0) is 12.8 Å². The highest BCUT2D eigenvalue weighted by molar-refractivity contribution is 7.98. The zero-order valence-corrected chi connectivity index (χ0v) is 15.0. The minimum Gasteiger partial charge on any atom is -0.339 e. The Bertz CT molecular complexity index is 615. The van der Waals surface area contributed by atoms with Gasteiger partial charge < -0.3 is 9.47 Å². The lowest BCUT2D eigenvalue weighted by atomic mass is 10.1. The molecule has 2 aromatic rings. The van der Waals surface area contributed by atoms with Crippen molar-refractivity contribution in [2.24, 2.45) is 7.05 Å². The van der Waals surface area contributed by atoms with Gasteiger partial charge in [0.25, 0.3) is 5.91 Å². The Morgan fingerprint density at radius 1 is 1.17 bits per heavy atom. The molecule has 0 aliphatic carbocycles. The highest BCUT2D eigenvalue weighted by atomic mass is 32.2. The van der Waals surface area contributed by atoms with Crippen molar-refractivity contribution < 1.29 is 4.79 Å². The lowest BCUT2D eigenvalue weighted by molar-refractivity contribution is 0.0755. The van der Waals surface area contributed by atoms with Crippen molar-refractivity contribution in [3.63, 3.8) is 0 Å². The molecule has 0 N–H and O–H groups in total. The van der Waals surface area contributed by atoms with Crippen LogP contribution in [0.15, 0.2) is 41.8 Å². The van der Waals surface area contributed by atoms with Crippen LogP contribution in [0, 0.1) is 0 Å². The lowest BCUT2D eigenvalue weighted by Gasteiger charge is -2.21. The smallest absolute Gasteiger partial charge is 0.253 e. The Labute approximate surface area is 142 Å². The molecule has 0 saturated heterocycles. The number of rotatable bonds is 8. The van der Waals surface area contributed by atoms with Gasteiger partial charge >= 0.3 is 0 Å². The highest BCUT2D eigenvalue weighted by Gasteiger charge is 2.14. The zero-order valence-electron chi connectivity index (χ0n) is 14.2. The van der Waals surface area contributed by atoms with Gasteiger partial charge in [-0.15, -0.1) is 0 Å². The van der Waals surface area contributed by atoms with E-state index in [0.717, 1.165) is 42.4 Å². The van der Waals surface area contributed by atoms with Gasteiger partial charge in [-0.05, 0) is 30.5 Å². The topological polar surface area (TPSA) is 38.1 Å². The van der Waals surface area contributed by atoms with E-state index in [1.54, 1.807) is 18.0 Å². The third-order valence-electron chi connectivity index (χ3n) is 3.62. The number of aryl methyl sites for hydroxylation is 1. The van der Waals surface area contributed by atoms with E-state index in [9.17, 15) is 4.79 Å². The molecule has 0 saturated carbocycles. The Kier molecular flexibility index (Phi) is 6.71. The molecule has 1 heterocycles.